The van der Waals surface area contributed by atoms with Crippen LogP contribution in [-0.4, -0.2) is 43.3 Å². The van der Waals surface area contributed by atoms with Crippen molar-refractivity contribution in [3.8, 4) is 0 Å². The molecule has 0 radical (unpaired) electrons. The first-order valence-electron chi connectivity index (χ1n) is 7.01. The summed E-state index contributed by atoms with van der Waals surface area (Å²) in [6, 6.07) is 10.7. The lowest BCUT2D eigenvalue weighted by Gasteiger charge is -2.20. The number of nitrogens with one attached hydrogen (secondary N) is 1. The van der Waals surface area contributed by atoms with E-state index >= 15 is 0 Å². The molecule has 2 amide bonds. The largest absolute Gasteiger partial charge is 0.379 e. The van der Waals surface area contributed by atoms with Gasteiger partial charge in [0.05, 0.1) is 12.6 Å². The third kappa shape index (κ3) is 2.89. The topological polar surface area (TPSA) is 41.6 Å². The van der Waals surface area contributed by atoms with Gasteiger partial charge >= 0.3 is 6.03 Å². The van der Waals surface area contributed by atoms with Crippen LogP contribution in [0, 0.1) is 0 Å². The molecule has 2 fully saturated rings. The Kier molecular flexibility index (Phi) is 3.69. The molecule has 4 heteroatoms. The van der Waals surface area contributed by atoms with E-state index in [0.717, 1.165) is 32.5 Å². The van der Waals surface area contributed by atoms with Crippen molar-refractivity contribution >= 4 is 6.03 Å². The van der Waals surface area contributed by atoms with Gasteiger partial charge in [-0.25, -0.2) is 4.79 Å². The standard InChI is InChI=1S/C15H20N2O2/c18-15(16-14-7-9-19-11-14)17-8-6-13(10-17)12-4-2-1-3-5-12/h1-5,13-14H,6-11H2,(H,16,18). The Morgan fingerprint density at radius 2 is 2.11 bits per heavy atom. The summed E-state index contributed by atoms with van der Waals surface area (Å²) < 4.78 is 5.28. The van der Waals surface area contributed by atoms with Gasteiger partial charge in [0.25, 0.3) is 0 Å². The minimum atomic E-state index is 0.0638. The van der Waals surface area contributed by atoms with Crippen LogP contribution in [0.15, 0.2) is 30.3 Å². The van der Waals surface area contributed by atoms with Gasteiger partial charge in [-0.2, -0.15) is 0 Å². The third-order valence-corrected chi connectivity index (χ3v) is 4.00. The number of benzene rings is 1. The van der Waals surface area contributed by atoms with Crippen LogP contribution in [0.25, 0.3) is 0 Å². The molecule has 4 nitrogen and oxygen atoms in total. The minimum Gasteiger partial charge on any atom is -0.379 e. The van der Waals surface area contributed by atoms with Crippen molar-refractivity contribution in [2.75, 3.05) is 26.3 Å². The van der Waals surface area contributed by atoms with Crippen LogP contribution in [0.2, 0.25) is 0 Å². The number of amides is 2. The van der Waals surface area contributed by atoms with Crippen molar-refractivity contribution in [1.82, 2.24) is 10.2 Å². The summed E-state index contributed by atoms with van der Waals surface area (Å²) in [6.45, 7) is 3.08. The Hall–Kier alpha value is -1.55. The Morgan fingerprint density at radius 3 is 2.84 bits per heavy atom. The molecule has 2 heterocycles. The SMILES string of the molecule is O=C(NC1CCOC1)N1CCC(c2ccccc2)C1. The molecular formula is C15H20N2O2. The van der Waals surface area contributed by atoms with Crippen molar-refractivity contribution in [1.29, 1.82) is 0 Å². The summed E-state index contributed by atoms with van der Waals surface area (Å²) >= 11 is 0. The predicted molar refractivity (Wildman–Crippen MR) is 73.1 cm³/mol. The quantitative estimate of drug-likeness (QED) is 0.883. The van der Waals surface area contributed by atoms with E-state index in [0.29, 0.717) is 12.5 Å². The second kappa shape index (κ2) is 5.61. The van der Waals surface area contributed by atoms with E-state index in [4.69, 9.17) is 4.74 Å². The molecule has 2 saturated heterocycles. The van der Waals surface area contributed by atoms with Crippen LogP contribution >= 0.6 is 0 Å². The first-order chi connectivity index (χ1) is 9.33. The van der Waals surface area contributed by atoms with Crippen LogP contribution in [-0.2, 0) is 4.74 Å². The summed E-state index contributed by atoms with van der Waals surface area (Å²) in [5.74, 6) is 0.478. The van der Waals surface area contributed by atoms with E-state index in [1.807, 2.05) is 11.0 Å². The second-order valence-electron chi connectivity index (χ2n) is 5.35. The molecular weight excluding hydrogens is 240 g/mol. The van der Waals surface area contributed by atoms with E-state index in [2.05, 4.69) is 29.6 Å². The number of carbonyl (C=O) groups excluding carboxylic acids is 1. The van der Waals surface area contributed by atoms with Crippen LogP contribution in [0.3, 0.4) is 0 Å². The zero-order valence-corrected chi connectivity index (χ0v) is 11.0. The number of carbonyl (C=O) groups is 1. The summed E-state index contributed by atoms with van der Waals surface area (Å²) in [7, 11) is 0. The number of urea groups is 1. The number of likely N-dealkylation sites (tertiary alicyclic amines) is 1. The zero-order chi connectivity index (χ0) is 13.1. The number of hydrogen-bond donors (Lipinski definition) is 1. The lowest BCUT2D eigenvalue weighted by Crippen LogP contribution is -2.44. The smallest absolute Gasteiger partial charge is 0.317 e. The fourth-order valence-corrected chi connectivity index (χ4v) is 2.86. The van der Waals surface area contributed by atoms with Crippen LogP contribution in [0.4, 0.5) is 4.79 Å². The highest BCUT2D eigenvalue weighted by Crippen LogP contribution is 2.26. The number of nitrogens with zero attached hydrogens (tertiary/aromatic N) is 1. The van der Waals surface area contributed by atoms with E-state index in [-0.39, 0.29) is 12.1 Å². The number of hydrogen-bond acceptors (Lipinski definition) is 2. The Labute approximate surface area is 113 Å². The summed E-state index contributed by atoms with van der Waals surface area (Å²) in [4.78, 5) is 14.1. The van der Waals surface area contributed by atoms with Gasteiger partial charge in [-0.05, 0) is 18.4 Å². The van der Waals surface area contributed by atoms with Gasteiger partial charge in [-0.1, -0.05) is 30.3 Å². The van der Waals surface area contributed by atoms with Gasteiger partial charge in [0.15, 0.2) is 0 Å². The fourth-order valence-electron chi connectivity index (χ4n) is 2.86. The van der Waals surface area contributed by atoms with Crippen molar-refractivity contribution in [3.05, 3.63) is 35.9 Å². The maximum atomic E-state index is 12.1. The maximum Gasteiger partial charge on any atom is 0.317 e. The van der Waals surface area contributed by atoms with Gasteiger partial charge in [-0.15, -0.1) is 0 Å². The molecule has 19 heavy (non-hydrogen) atoms. The van der Waals surface area contributed by atoms with E-state index < -0.39 is 0 Å². The normalized spacial score (nSPS) is 26.6. The summed E-state index contributed by atoms with van der Waals surface area (Å²) in [6.07, 6.45) is 1.99. The summed E-state index contributed by atoms with van der Waals surface area (Å²) in [5.41, 5.74) is 1.34. The second-order valence-corrected chi connectivity index (χ2v) is 5.35. The lowest BCUT2D eigenvalue weighted by atomic mass is 9.99. The molecule has 2 unspecified atom stereocenters. The van der Waals surface area contributed by atoms with Gasteiger partial charge in [0.1, 0.15) is 0 Å². The van der Waals surface area contributed by atoms with E-state index in [1.165, 1.54) is 5.56 Å². The van der Waals surface area contributed by atoms with Crippen LogP contribution in [0.1, 0.15) is 24.3 Å². The average molecular weight is 260 g/mol. The molecule has 2 aliphatic heterocycles. The highest BCUT2D eigenvalue weighted by molar-refractivity contribution is 5.75. The number of ether oxygens (including phenoxy) is 1. The molecule has 0 bridgehead atoms. The average Bonchev–Trinajstić information content (AvgIpc) is 3.10. The predicted octanol–water partition coefficient (Wildman–Crippen LogP) is 1.97. The van der Waals surface area contributed by atoms with Crippen molar-refractivity contribution in [2.24, 2.45) is 0 Å². The monoisotopic (exact) mass is 260 g/mol. The molecule has 1 N–H and O–H groups in total. The first kappa shape index (κ1) is 12.5. The molecule has 0 aromatic heterocycles. The molecule has 2 atom stereocenters. The molecule has 3 rings (SSSR count). The molecule has 2 aliphatic rings. The Bertz CT molecular complexity index is 429. The molecule has 0 spiro atoms. The fraction of sp³-hybridized carbons (Fsp3) is 0.533. The van der Waals surface area contributed by atoms with E-state index in [1.54, 1.807) is 0 Å². The van der Waals surface area contributed by atoms with Crippen LogP contribution < -0.4 is 5.32 Å². The first-order valence-corrected chi connectivity index (χ1v) is 7.01. The molecule has 0 saturated carbocycles. The van der Waals surface area contributed by atoms with Gasteiger partial charge in [0.2, 0.25) is 0 Å². The van der Waals surface area contributed by atoms with E-state index in [9.17, 15) is 4.79 Å². The zero-order valence-electron chi connectivity index (χ0n) is 11.0. The molecule has 102 valence electrons. The Balaban J connectivity index is 1.55. The van der Waals surface area contributed by atoms with Crippen molar-refractivity contribution in [2.45, 2.75) is 24.8 Å². The van der Waals surface area contributed by atoms with Gasteiger partial charge < -0.3 is 15.0 Å². The lowest BCUT2D eigenvalue weighted by molar-refractivity contribution is 0.182. The highest BCUT2D eigenvalue weighted by Gasteiger charge is 2.28. The molecule has 0 aliphatic carbocycles. The summed E-state index contributed by atoms with van der Waals surface area (Å²) in [5, 5.41) is 3.05. The van der Waals surface area contributed by atoms with Gasteiger partial charge in [-0.3, -0.25) is 0 Å². The highest BCUT2D eigenvalue weighted by atomic mass is 16.5. The maximum absolute atomic E-state index is 12.1. The Morgan fingerprint density at radius 1 is 1.26 bits per heavy atom. The molecule has 1 aromatic rings. The third-order valence-electron chi connectivity index (χ3n) is 4.00. The minimum absolute atomic E-state index is 0.0638. The number of rotatable bonds is 2. The van der Waals surface area contributed by atoms with Gasteiger partial charge in [0, 0.05) is 25.6 Å². The van der Waals surface area contributed by atoms with Crippen molar-refractivity contribution < 1.29 is 9.53 Å². The van der Waals surface area contributed by atoms with Crippen molar-refractivity contribution in [3.63, 3.8) is 0 Å². The molecule has 1 aromatic carbocycles. The van der Waals surface area contributed by atoms with Crippen LogP contribution in [0.5, 0.6) is 0 Å².